The van der Waals surface area contributed by atoms with Gasteiger partial charge in [-0.1, -0.05) is 34.6 Å². The molecule has 4 N–H and O–H groups in total. The molecule has 0 radical (unpaired) electrons. The number of hydrogen-bond donors (Lipinski definition) is 3. The van der Waals surface area contributed by atoms with Gasteiger partial charge in [-0.15, -0.1) is 0 Å². The normalized spacial score (nSPS) is 18.9. The van der Waals surface area contributed by atoms with E-state index in [-0.39, 0.29) is 28.5 Å². The molecule has 1 aliphatic heterocycles. The third kappa shape index (κ3) is 6.16. The first-order valence-electron chi connectivity index (χ1n) is 12.9. The predicted octanol–water partition coefficient (Wildman–Crippen LogP) is 2.92. The van der Waals surface area contributed by atoms with E-state index in [1.807, 2.05) is 0 Å². The van der Waals surface area contributed by atoms with Crippen LogP contribution >= 0.6 is 0 Å². The van der Waals surface area contributed by atoms with Crippen molar-refractivity contribution in [1.82, 2.24) is 15.5 Å². The first-order chi connectivity index (χ1) is 19.3. The summed E-state index contributed by atoms with van der Waals surface area (Å²) in [6, 6.07) is 9.69. The second-order valence-electron chi connectivity index (χ2n) is 11.0. The lowest BCUT2D eigenvalue weighted by Gasteiger charge is -2.27. The van der Waals surface area contributed by atoms with Crippen LogP contribution in [0.25, 0.3) is 11.4 Å². The minimum atomic E-state index is -4.07. The molecule has 14 heteroatoms. The van der Waals surface area contributed by atoms with Crippen molar-refractivity contribution >= 4 is 33.4 Å². The maximum absolute atomic E-state index is 13.9. The average Bonchev–Trinajstić information content (AvgIpc) is 3.66. The van der Waals surface area contributed by atoms with E-state index in [2.05, 4.69) is 20.6 Å². The van der Waals surface area contributed by atoms with Gasteiger partial charge in [0.15, 0.2) is 15.7 Å². The Labute approximate surface area is 236 Å². The summed E-state index contributed by atoms with van der Waals surface area (Å²) in [6.45, 7) is 4.91. The Hall–Kier alpha value is -4.46. The maximum Gasteiger partial charge on any atom is 0.408 e. The third-order valence-electron chi connectivity index (χ3n) is 6.55. The number of carbonyl (C=O) groups is 2. The van der Waals surface area contributed by atoms with Crippen molar-refractivity contribution in [3.05, 3.63) is 59.5 Å². The van der Waals surface area contributed by atoms with Gasteiger partial charge in [-0.3, -0.25) is 4.79 Å². The predicted molar refractivity (Wildman–Crippen MR) is 147 cm³/mol. The number of aromatic nitrogens is 2. The second-order valence-corrected chi connectivity index (χ2v) is 13.0. The van der Waals surface area contributed by atoms with Gasteiger partial charge in [-0.2, -0.15) is 4.98 Å². The number of carbonyl (C=O) groups excluding carboxylic acids is 2. The number of rotatable bonds is 6. The Kier molecular flexibility index (Phi) is 7.19. The van der Waals surface area contributed by atoms with E-state index >= 15 is 0 Å². The molecule has 1 atom stereocenters. The summed E-state index contributed by atoms with van der Waals surface area (Å²) in [6.07, 6.45) is 1.13. The monoisotopic (exact) mass is 582 g/mol. The molecule has 1 fully saturated rings. The highest BCUT2D eigenvalue weighted by molar-refractivity contribution is 7.91. The van der Waals surface area contributed by atoms with Crippen LogP contribution in [0.4, 0.5) is 10.5 Å². The Morgan fingerprint density at radius 1 is 1.22 bits per heavy atom. The van der Waals surface area contributed by atoms with Crippen molar-refractivity contribution in [2.24, 2.45) is 10.9 Å². The number of benzene rings is 2. The lowest BCUT2D eigenvalue weighted by atomic mass is 10.1. The molecule has 1 saturated carbocycles. The fourth-order valence-corrected chi connectivity index (χ4v) is 6.01. The molecule has 0 saturated heterocycles. The van der Waals surface area contributed by atoms with Crippen LogP contribution in [0.2, 0.25) is 0 Å². The SMILES string of the molecule is CC(C)(C)OC(=O)N[C@H]1CS(=O)(=O)c2ccc(C(N)=NO)cc2N(Cc2ccc(-c3noc(C4CC4)n3)cc2)C1=O. The lowest BCUT2D eigenvalue weighted by molar-refractivity contribution is -0.120. The van der Waals surface area contributed by atoms with Crippen molar-refractivity contribution in [2.45, 2.75) is 62.6 Å². The highest BCUT2D eigenvalue weighted by Gasteiger charge is 2.39. The Balaban J connectivity index is 1.50. The van der Waals surface area contributed by atoms with E-state index in [0.29, 0.717) is 28.8 Å². The van der Waals surface area contributed by atoms with Crippen molar-refractivity contribution in [3.8, 4) is 11.4 Å². The van der Waals surface area contributed by atoms with Gasteiger partial charge in [-0.05, 0) is 57.4 Å². The minimum absolute atomic E-state index is 0.0314. The summed E-state index contributed by atoms with van der Waals surface area (Å²) in [5.41, 5.74) is 6.51. The van der Waals surface area contributed by atoms with Gasteiger partial charge in [0.25, 0.3) is 5.91 Å². The summed E-state index contributed by atoms with van der Waals surface area (Å²) in [5.74, 6) is -0.241. The molecule has 13 nitrogen and oxygen atoms in total. The van der Waals surface area contributed by atoms with Crippen LogP contribution in [0.5, 0.6) is 0 Å². The van der Waals surface area contributed by atoms with Crippen LogP contribution in [-0.2, 0) is 25.9 Å². The fraction of sp³-hybridized carbons (Fsp3) is 0.370. The number of nitrogens with two attached hydrogens (primary N) is 1. The van der Waals surface area contributed by atoms with Crippen LogP contribution < -0.4 is 16.0 Å². The van der Waals surface area contributed by atoms with Gasteiger partial charge in [0.2, 0.25) is 11.7 Å². The topological polar surface area (TPSA) is 190 Å². The molecule has 41 heavy (non-hydrogen) atoms. The van der Waals surface area contributed by atoms with Crippen LogP contribution in [0.1, 0.15) is 56.5 Å². The molecule has 1 aromatic heterocycles. The number of fused-ring (bicyclic) bond motifs is 1. The molecule has 5 rings (SSSR count). The van der Waals surface area contributed by atoms with Crippen molar-refractivity contribution in [1.29, 1.82) is 0 Å². The van der Waals surface area contributed by atoms with Gasteiger partial charge in [0, 0.05) is 17.0 Å². The quantitative estimate of drug-likeness (QED) is 0.169. The Morgan fingerprint density at radius 2 is 1.93 bits per heavy atom. The molecular weight excluding hydrogens is 552 g/mol. The first kappa shape index (κ1) is 28.1. The average molecular weight is 583 g/mol. The van der Waals surface area contributed by atoms with E-state index in [9.17, 15) is 23.2 Å². The second kappa shape index (κ2) is 10.5. The molecule has 0 bridgehead atoms. The van der Waals surface area contributed by atoms with Crippen LogP contribution in [0, 0.1) is 0 Å². The van der Waals surface area contributed by atoms with Crippen molar-refractivity contribution < 1.29 is 32.5 Å². The summed E-state index contributed by atoms with van der Waals surface area (Å²) >= 11 is 0. The first-order valence-corrected chi connectivity index (χ1v) is 14.6. The zero-order valence-corrected chi connectivity index (χ0v) is 23.5. The Morgan fingerprint density at radius 3 is 2.56 bits per heavy atom. The number of hydrogen-bond acceptors (Lipinski definition) is 10. The smallest absolute Gasteiger partial charge is 0.408 e. The van der Waals surface area contributed by atoms with Crippen LogP contribution in [0.3, 0.4) is 0 Å². The van der Waals surface area contributed by atoms with Crippen molar-refractivity contribution in [2.75, 3.05) is 10.7 Å². The number of oxime groups is 1. The number of nitrogens with zero attached hydrogens (tertiary/aromatic N) is 4. The Bertz CT molecular complexity index is 1620. The summed E-state index contributed by atoms with van der Waals surface area (Å²) in [4.78, 5) is 32.0. The minimum Gasteiger partial charge on any atom is -0.444 e. The summed E-state index contributed by atoms with van der Waals surface area (Å²) in [5, 5.41) is 18.6. The number of amides is 2. The number of alkyl carbamates (subject to hydrolysis) is 1. The van der Waals surface area contributed by atoms with Gasteiger partial charge < -0.3 is 30.4 Å². The van der Waals surface area contributed by atoms with Crippen LogP contribution in [0.15, 0.2) is 57.0 Å². The van der Waals surface area contributed by atoms with Gasteiger partial charge in [0.1, 0.15) is 11.6 Å². The van der Waals surface area contributed by atoms with E-state index < -0.39 is 39.2 Å². The molecule has 1 aliphatic carbocycles. The molecule has 0 spiro atoms. The van der Waals surface area contributed by atoms with Crippen molar-refractivity contribution in [3.63, 3.8) is 0 Å². The highest BCUT2D eigenvalue weighted by atomic mass is 32.2. The third-order valence-corrected chi connectivity index (χ3v) is 8.34. The standard InChI is InChI=1S/C27H30N6O7S/c1-27(2,3)39-26(35)29-19-14-41(37,38)21-11-10-18(22(28)31-36)12-20(21)33(25(19)34)13-15-4-6-16(7-5-15)23-30-24(40-32-23)17-8-9-17/h4-7,10-12,17,19,36H,8-9,13-14H2,1-3H3,(H2,28,31)(H,29,35)/t19-/m0/s1. The van der Waals surface area contributed by atoms with E-state index in [0.717, 1.165) is 12.8 Å². The number of sulfone groups is 1. The molecule has 2 aliphatic rings. The molecule has 3 aromatic rings. The van der Waals surface area contributed by atoms with Crippen LogP contribution in [-0.4, -0.2) is 59.0 Å². The largest absolute Gasteiger partial charge is 0.444 e. The number of amidine groups is 1. The molecule has 2 heterocycles. The van der Waals surface area contributed by atoms with E-state index in [4.69, 9.17) is 15.0 Å². The molecular formula is C27H30N6O7S. The molecule has 2 aromatic carbocycles. The number of ether oxygens (including phenoxy) is 1. The highest BCUT2D eigenvalue weighted by Crippen LogP contribution is 2.39. The van der Waals surface area contributed by atoms with Gasteiger partial charge >= 0.3 is 6.09 Å². The number of nitrogens with one attached hydrogen (secondary N) is 1. The zero-order valence-electron chi connectivity index (χ0n) is 22.7. The van der Waals surface area contributed by atoms with E-state index in [1.54, 1.807) is 45.0 Å². The lowest BCUT2D eigenvalue weighted by Crippen LogP contribution is -2.51. The molecule has 2 amide bonds. The molecule has 0 unspecified atom stereocenters. The van der Waals surface area contributed by atoms with E-state index in [1.165, 1.54) is 23.1 Å². The maximum atomic E-state index is 13.9. The fourth-order valence-electron chi connectivity index (χ4n) is 4.40. The van der Waals surface area contributed by atoms with Gasteiger partial charge in [-0.25, -0.2) is 13.2 Å². The summed E-state index contributed by atoms with van der Waals surface area (Å²) < 4.78 is 37.4. The zero-order chi connectivity index (χ0) is 29.5. The summed E-state index contributed by atoms with van der Waals surface area (Å²) in [7, 11) is -4.07. The molecule has 216 valence electrons. The van der Waals surface area contributed by atoms with Gasteiger partial charge in [0.05, 0.1) is 22.9 Å². The number of anilines is 1.